The van der Waals surface area contributed by atoms with E-state index in [2.05, 4.69) is 35.8 Å². The van der Waals surface area contributed by atoms with E-state index in [1.54, 1.807) is 0 Å². The molecule has 1 rings (SSSR count). The molecule has 0 radical (unpaired) electrons. The molecule has 0 saturated carbocycles. The Balaban J connectivity index is 2.20. The predicted octanol–water partition coefficient (Wildman–Crippen LogP) is 0.991. The number of hydrogen-bond donors (Lipinski definition) is 1. The molecule has 11 heavy (non-hydrogen) atoms. The second kappa shape index (κ2) is 5.01. The van der Waals surface area contributed by atoms with E-state index >= 15 is 0 Å². The van der Waals surface area contributed by atoms with Crippen molar-refractivity contribution in [1.29, 1.82) is 0 Å². The maximum absolute atomic E-state index is 3.40. The average Bonchev–Trinajstić information content (AvgIpc) is 2.47. The van der Waals surface area contributed by atoms with Crippen LogP contribution in [0.25, 0.3) is 0 Å². The molecule has 1 fully saturated rings. The van der Waals surface area contributed by atoms with E-state index in [1.165, 1.54) is 18.2 Å². The van der Waals surface area contributed by atoms with Crippen molar-refractivity contribution in [1.82, 2.24) is 10.2 Å². The zero-order valence-corrected chi connectivity index (χ0v) is 8.28. The maximum atomic E-state index is 3.40. The topological polar surface area (TPSA) is 15.3 Å². The molecule has 1 saturated heterocycles. The lowest BCUT2D eigenvalue weighted by Crippen LogP contribution is -2.39. The lowest BCUT2D eigenvalue weighted by Gasteiger charge is -2.21. The van der Waals surface area contributed by atoms with Gasteiger partial charge in [-0.3, -0.25) is 4.90 Å². The van der Waals surface area contributed by atoms with Crippen LogP contribution in [0.5, 0.6) is 0 Å². The Bertz CT molecular complexity index is 108. The van der Waals surface area contributed by atoms with Gasteiger partial charge in [-0.2, -0.15) is 0 Å². The summed E-state index contributed by atoms with van der Waals surface area (Å²) in [6, 6.07) is 0.782. The van der Waals surface area contributed by atoms with Crippen LogP contribution >= 0.6 is 11.8 Å². The van der Waals surface area contributed by atoms with Gasteiger partial charge in [0, 0.05) is 24.2 Å². The summed E-state index contributed by atoms with van der Waals surface area (Å²) in [6.07, 6.45) is 0. The van der Waals surface area contributed by atoms with Crippen LogP contribution in [0.4, 0.5) is 0 Å². The molecule has 0 aromatic rings. The molecule has 1 aliphatic heterocycles. The second-order valence-electron chi connectivity index (χ2n) is 2.87. The lowest BCUT2D eigenvalue weighted by atomic mass is 10.3. The molecule has 1 aliphatic rings. The largest absolute Gasteiger partial charge is 0.315 e. The highest BCUT2D eigenvalue weighted by molar-refractivity contribution is 7.99. The molecule has 66 valence electrons. The molecule has 0 aromatic carbocycles. The first-order valence-electron chi connectivity index (χ1n) is 4.41. The molecular formula is C8H18N2S. The van der Waals surface area contributed by atoms with Crippen molar-refractivity contribution >= 4 is 11.8 Å². The molecule has 1 unspecified atom stereocenters. The van der Waals surface area contributed by atoms with Gasteiger partial charge in [-0.05, 0) is 13.1 Å². The first-order valence-corrected chi connectivity index (χ1v) is 5.56. The van der Waals surface area contributed by atoms with Gasteiger partial charge in [0.05, 0.1) is 0 Å². The van der Waals surface area contributed by atoms with Gasteiger partial charge in [0.2, 0.25) is 0 Å². The Morgan fingerprint density at radius 3 is 3.00 bits per heavy atom. The predicted molar refractivity (Wildman–Crippen MR) is 52.0 cm³/mol. The van der Waals surface area contributed by atoms with Crippen LogP contribution in [0.15, 0.2) is 0 Å². The quantitative estimate of drug-likeness (QED) is 0.684. The van der Waals surface area contributed by atoms with Crippen molar-refractivity contribution in [2.75, 3.05) is 31.3 Å². The van der Waals surface area contributed by atoms with Gasteiger partial charge in [-0.1, -0.05) is 13.8 Å². The zero-order valence-electron chi connectivity index (χ0n) is 7.47. The van der Waals surface area contributed by atoms with E-state index in [0.717, 1.165) is 19.1 Å². The smallest absolute Gasteiger partial charge is 0.0448 e. The summed E-state index contributed by atoms with van der Waals surface area (Å²) in [7, 11) is 0. The third-order valence-electron chi connectivity index (χ3n) is 2.12. The first-order chi connectivity index (χ1) is 5.38. The van der Waals surface area contributed by atoms with Crippen LogP contribution in [0.3, 0.4) is 0 Å². The molecule has 0 amide bonds. The van der Waals surface area contributed by atoms with E-state index in [1.807, 2.05) is 0 Å². The van der Waals surface area contributed by atoms with Crippen molar-refractivity contribution in [2.45, 2.75) is 19.9 Å². The van der Waals surface area contributed by atoms with Gasteiger partial charge in [-0.25, -0.2) is 0 Å². The Kier molecular flexibility index (Phi) is 4.26. The fraction of sp³-hybridized carbons (Fsp3) is 1.00. The van der Waals surface area contributed by atoms with Crippen molar-refractivity contribution in [3.05, 3.63) is 0 Å². The Morgan fingerprint density at radius 1 is 1.55 bits per heavy atom. The molecule has 2 nitrogen and oxygen atoms in total. The van der Waals surface area contributed by atoms with Crippen molar-refractivity contribution in [3.63, 3.8) is 0 Å². The third kappa shape index (κ3) is 2.65. The summed E-state index contributed by atoms with van der Waals surface area (Å²) in [5.74, 6) is 2.54. The number of thioether (sulfide) groups is 1. The fourth-order valence-corrected chi connectivity index (χ4v) is 2.70. The summed E-state index contributed by atoms with van der Waals surface area (Å²) in [4.78, 5) is 2.54. The second-order valence-corrected chi connectivity index (χ2v) is 3.87. The highest BCUT2D eigenvalue weighted by Crippen LogP contribution is 2.19. The van der Waals surface area contributed by atoms with Crippen LogP contribution in [0.1, 0.15) is 13.8 Å². The normalized spacial score (nSPS) is 26.2. The van der Waals surface area contributed by atoms with Crippen LogP contribution in [0, 0.1) is 0 Å². The SMILES string of the molecule is CCNCC1CSCN1CC. The van der Waals surface area contributed by atoms with Gasteiger partial charge in [0.25, 0.3) is 0 Å². The van der Waals surface area contributed by atoms with Crippen LogP contribution < -0.4 is 5.32 Å². The lowest BCUT2D eigenvalue weighted by molar-refractivity contribution is 0.272. The Hall–Kier alpha value is 0.270. The summed E-state index contributed by atoms with van der Waals surface area (Å²) in [5.41, 5.74) is 0. The summed E-state index contributed by atoms with van der Waals surface area (Å²) in [5, 5.41) is 3.40. The van der Waals surface area contributed by atoms with E-state index in [4.69, 9.17) is 0 Å². The molecular weight excluding hydrogens is 156 g/mol. The van der Waals surface area contributed by atoms with Crippen LogP contribution in [0.2, 0.25) is 0 Å². The molecule has 1 heterocycles. The standard InChI is InChI=1S/C8H18N2S/c1-3-9-5-8-6-11-7-10(8)4-2/h8-9H,3-7H2,1-2H3. The van der Waals surface area contributed by atoms with Crippen molar-refractivity contribution in [2.24, 2.45) is 0 Å². The summed E-state index contributed by atoms with van der Waals surface area (Å²) in [6.45, 7) is 7.86. The van der Waals surface area contributed by atoms with Gasteiger partial charge < -0.3 is 5.32 Å². The molecule has 3 heteroatoms. The molecule has 0 aromatic heterocycles. The number of nitrogens with one attached hydrogen (secondary N) is 1. The summed E-state index contributed by atoms with van der Waals surface area (Å²) < 4.78 is 0. The number of hydrogen-bond acceptors (Lipinski definition) is 3. The first kappa shape index (κ1) is 9.36. The van der Waals surface area contributed by atoms with Gasteiger partial charge in [0.15, 0.2) is 0 Å². The molecule has 0 aliphatic carbocycles. The van der Waals surface area contributed by atoms with E-state index in [0.29, 0.717) is 0 Å². The zero-order chi connectivity index (χ0) is 8.10. The minimum absolute atomic E-state index is 0.782. The third-order valence-corrected chi connectivity index (χ3v) is 3.25. The average molecular weight is 174 g/mol. The highest BCUT2D eigenvalue weighted by Gasteiger charge is 2.22. The molecule has 0 spiro atoms. The Labute approximate surface area is 73.7 Å². The number of likely N-dealkylation sites (N-methyl/N-ethyl adjacent to an activating group) is 2. The van der Waals surface area contributed by atoms with Crippen LogP contribution in [-0.2, 0) is 0 Å². The minimum atomic E-state index is 0.782. The van der Waals surface area contributed by atoms with Crippen molar-refractivity contribution < 1.29 is 0 Å². The monoisotopic (exact) mass is 174 g/mol. The molecule has 1 N–H and O–H groups in total. The number of rotatable bonds is 4. The summed E-state index contributed by atoms with van der Waals surface area (Å²) >= 11 is 2.05. The van der Waals surface area contributed by atoms with Crippen molar-refractivity contribution in [3.8, 4) is 0 Å². The van der Waals surface area contributed by atoms with E-state index in [9.17, 15) is 0 Å². The Morgan fingerprint density at radius 2 is 2.36 bits per heavy atom. The maximum Gasteiger partial charge on any atom is 0.0448 e. The highest BCUT2D eigenvalue weighted by atomic mass is 32.2. The van der Waals surface area contributed by atoms with Crippen LogP contribution in [-0.4, -0.2) is 42.2 Å². The minimum Gasteiger partial charge on any atom is -0.315 e. The van der Waals surface area contributed by atoms with Gasteiger partial charge >= 0.3 is 0 Å². The van der Waals surface area contributed by atoms with Gasteiger partial charge in [0.1, 0.15) is 0 Å². The number of nitrogens with zero attached hydrogens (tertiary/aromatic N) is 1. The fourth-order valence-electron chi connectivity index (χ4n) is 1.37. The molecule has 1 atom stereocenters. The van der Waals surface area contributed by atoms with Gasteiger partial charge in [-0.15, -0.1) is 11.8 Å². The molecule has 0 bridgehead atoms. The van der Waals surface area contributed by atoms with E-state index < -0.39 is 0 Å². The van der Waals surface area contributed by atoms with E-state index in [-0.39, 0.29) is 0 Å².